The lowest BCUT2D eigenvalue weighted by molar-refractivity contribution is 0.393. The van der Waals surface area contributed by atoms with Crippen LogP contribution in [0, 0.1) is 0 Å². The van der Waals surface area contributed by atoms with Gasteiger partial charge in [0.05, 0.1) is 19.0 Å². The van der Waals surface area contributed by atoms with Gasteiger partial charge >= 0.3 is 11.4 Å². The van der Waals surface area contributed by atoms with Crippen LogP contribution >= 0.6 is 11.9 Å². The van der Waals surface area contributed by atoms with E-state index in [2.05, 4.69) is 19.8 Å². The van der Waals surface area contributed by atoms with Crippen molar-refractivity contribution in [3.63, 3.8) is 0 Å². The summed E-state index contributed by atoms with van der Waals surface area (Å²) in [7, 11) is 1.22. The Hall–Kier alpha value is 0.360. The fourth-order valence-electron chi connectivity index (χ4n) is 0.0257. The van der Waals surface area contributed by atoms with E-state index >= 15 is 0 Å². The minimum absolute atomic E-state index is 1.22. The summed E-state index contributed by atoms with van der Waals surface area (Å²) in [6, 6.07) is 0. The SMILES string of the molecule is COS(=O)OCl. The van der Waals surface area contributed by atoms with E-state index in [0.717, 1.165) is 0 Å². The third-order valence-corrected chi connectivity index (χ3v) is 0.871. The lowest BCUT2D eigenvalue weighted by atomic mass is 11.8. The molecule has 0 rings (SSSR count). The van der Waals surface area contributed by atoms with Crippen molar-refractivity contribution in [3.05, 3.63) is 0 Å². The molecule has 0 bridgehead atoms. The molecule has 0 saturated carbocycles. The highest BCUT2D eigenvalue weighted by Gasteiger charge is 1.87. The van der Waals surface area contributed by atoms with Gasteiger partial charge in [-0.2, -0.15) is 7.94 Å². The summed E-state index contributed by atoms with van der Waals surface area (Å²) in [5, 5.41) is 0. The summed E-state index contributed by atoms with van der Waals surface area (Å²) in [6.45, 7) is 0. The van der Waals surface area contributed by atoms with Crippen molar-refractivity contribution >= 4 is 23.2 Å². The Morgan fingerprint density at radius 2 is 2.33 bits per heavy atom. The van der Waals surface area contributed by atoms with E-state index in [-0.39, 0.29) is 0 Å². The third-order valence-electron chi connectivity index (χ3n) is 0.188. The number of hydrogen-bond donors (Lipinski definition) is 0. The molecule has 1 atom stereocenters. The first-order valence-corrected chi connectivity index (χ1v) is 2.37. The smallest absolute Gasteiger partial charge is 0.271 e. The molecule has 0 aromatic carbocycles. The standard InChI is InChI=1S/CH3ClO3S/c1-4-6(3)5-2/h1H3. The van der Waals surface area contributed by atoms with Gasteiger partial charge in [-0.1, -0.05) is 0 Å². The molecule has 1 unspecified atom stereocenters. The second-order valence-corrected chi connectivity index (χ2v) is 1.68. The highest BCUT2D eigenvalue weighted by molar-refractivity contribution is 7.75. The van der Waals surface area contributed by atoms with Crippen LogP contribution in [-0.2, 0) is 19.3 Å². The maximum atomic E-state index is 9.72. The second kappa shape index (κ2) is 3.55. The van der Waals surface area contributed by atoms with Crippen LogP contribution in [0.5, 0.6) is 0 Å². The highest BCUT2D eigenvalue weighted by Crippen LogP contribution is 1.86. The summed E-state index contributed by atoms with van der Waals surface area (Å²) < 4.78 is 17.4. The average Bonchev–Trinajstić information content (AvgIpc) is 1.65. The van der Waals surface area contributed by atoms with E-state index in [9.17, 15) is 4.21 Å². The molecule has 0 fully saturated rings. The van der Waals surface area contributed by atoms with E-state index in [1.165, 1.54) is 7.11 Å². The van der Waals surface area contributed by atoms with Crippen LogP contribution in [-0.4, -0.2) is 11.3 Å². The van der Waals surface area contributed by atoms with Gasteiger partial charge in [0.2, 0.25) is 0 Å². The van der Waals surface area contributed by atoms with Gasteiger partial charge in [-0.3, -0.25) is 4.18 Å². The van der Waals surface area contributed by atoms with Crippen molar-refractivity contribution in [3.8, 4) is 0 Å². The predicted octanol–water partition coefficient (Wildman–Crippen LogP) is 0.382. The first kappa shape index (κ1) is 6.36. The van der Waals surface area contributed by atoms with Gasteiger partial charge in [-0.25, -0.2) is 0 Å². The summed E-state index contributed by atoms with van der Waals surface area (Å²) in [6.07, 6.45) is 0. The van der Waals surface area contributed by atoms with Gasteiger partial charge in [0.1, 0.15) is 0 Å². The zero-order valence-corrected chi connectivity index (χ0v) is 4.58. The van der Waals surface area contributed by atoms with Crippen molar-refractivity contribution in [2.75, 3.05) is 7.11 Å². The van der Waals surface area contributed by atoms with E-state index in [0.29, 0.717) is 0 Å². The molecule has 0 aliphatic rings. The van der Waals surface area contributed by atoms with Gasteiger partial charge < -0.3 is 0 Å². The van der Waals surface area contributed by atoms with Crippen LogP contribution < -0.4 is 0 Å². The molecule has 38 valence electrons. The second-order valence-electron chi connectivity index (χ2n) is 0.434. The fraction of sp³-hybridized carbons (Fsp3) is 1.00. The quantitative estimate of drug-likeness (QED) is 0.542. The van der Waals surface area contributed by atoms with E-state index < -0.39 is 11.4 Å². The zero-order chi connectivity index (χ0) is 4.99. The molecule has 5 heteroatoms. The molecule has 0 amide bonds. The Labute approximate surface area is 43.2 Å². The van der Waals surface area contributed by atoms with Crippen molar-refractivity contribution in [1.29, 1.82) is 0 Å². The van der Waals surface area contributed by atoms with Crippen LogP contribution in [0.2, 0.25) is 0 Å². The third kappa shape index (κ3) is 2.59. The largest absolute Gasteiger partial charge is 0.321 e. The molecular weight excluding hydrogens is 128 g/mol. The summed E-state index contributed by atoms with van der Waals surface area (Å²) in [5.74, 6) is 0. The van der Waals surface area contributed by atoms with E-state index in [4.69, 9.17) is 0 Å². The number of hydrogen-bond acceptors (Lipinski definition) is 3. The fourth-order valence-corrected chi connectivity index (χ4v) is 0.231. The Morgan fingerprint density at radius 3 is 2.33 bits per heavy atom. The molecule has 3 nitrogen and oxygen atoms in total. The van der Waals surface area contributed by atoms with E-state index in [1.807, 2.05) is 0 Å². The normalized spacial score (nSPS) is 14.3. The molecule has 0 heterocycles. The minimum atomic E-state index is -1.77. The van der Waals surface area contributed by atoms with Crippen LogP contribution in [0.25, 0.3) is 0 Å². The van der Waals surface area contributed by atoms with E-state index in [1.54, 1.807) is 0 Å². The van der Waals surface area contributed by atoms with Crippen molar-refractivity contribution in [1.82, 2.24) is 0 Å². The Balaban J connectivity index is 2.99. The molecule has 0 N–H and O–H groups in total. The maximum absolute atomic E-state index is 9.72. The molecule has 0 aromatic heterocycles. The summed E-state index contributed by atoms with van der Waals surface area (Å²) >= 11 is 2.76. The van der Waals surface area contributed by atoms with Crippen molar-refractivity contribution in [2.24, 2.45) is 0 Å². The van der Waals surface area contributed by atoms with Crippen LogP contribution in [0.1, 0.15) is 0 Å². The van der Waals surface area contributed by atoms with Crippen LogP contribution in [0.4, 0.5) is 0 Å². The molecular formula is CH3ClO3S. The minimum Gasteiger partial charge on any atom is -0.271 e. The highest BCUT2D eigenvalue weighted by atomic mass is 35.5. The molecule has 0 aromatic rings. The van der Waals surface area contributed by atoms with Crippen molar-refractivity contribution in [2.45, 2.75) is 0 Å². The Bertz CT molecular complexity index is 48.8. The van der Waals surface area contributed by atoms with Crippen LogP contribution in [0.15, 0.2) is 0 Å². The first-order chi connectivity index (χ1) is 2.81. The molecule has 0 saturated heterocycles. The molecule has 0 radical (unpaired) electrons. The van der Waals surface area contributed by atoms with Crippen molar-refractivity contribution < 1.29 is 12.1 Å². The average molecular weight is 131 g/mol. The summed E-state index contributed by atoms with van der Waals surface area (Å²) in [4.78, 5) is 0. The Morgan fingerprint density at radius 1 is 1.83 bits per heavy atom. The van der Waals surface area contributed by atoms with Gasteiger partial charge in [0.15, 0.2) is 0 Å². The summed E-state index contributed by atoms with van der Waals surface area (Å²) in [5.41, 5.74) is 0. The van der Waals surface area contributed by atoms with Gasteiger partial charge in [-0.05, 0) is 0 Å². The monoisotopic (exact) mass is 130 g/mol. The van der Waals surface area contributed by atoms with Gasteiger partial charge in [0.25, 0.3) is 0 Å². The molecule has 0 aliphatic heterocycles. The number of halogens is 1. The molecule has 0 spiro atoms. The first-order valence-electron chi connectivity index (χ1n) is 1.06. The van der Waals surface area contributed by atoms with Crippen LogP contribution in [0.3, 0.4) is 0 Å². The van der Waals surface area contributed by atoms with Gasteiger partial charge in [-0.15, -0.1) is 0 Å². The number of rotatable bonds is 2. The maximum Gasteiger partial charge on any atom is 0.321 e. The Kier molecular flexibility index (Phi) is 3.76. The molecule has 6 heavy (non-hydrogen) atoms. The topological polar surface area (TPSA) is 35.5 Å². The zero-order valence-electron chi connectivity index (χ0n) is 3.01. The van der Waals surface area contributed by atoms with Gasteiger partial charge in [0, 0.05) is 0 Å². The lowest BCUT2D eigenvalue weighted by Crippen LogP contribution is -1.87. The molecule has 0 aliphatic carbocycles. The predicted molar refractivity (Wildman–Crippen MR) is 22.1 cm³/mol. The lowest BCUT2D eigenvalue weighted by Gasteiger charge is -1.83.